The first-order chi connectivity index (χ1) is 11.7. The van der Waals surface area contributed by atoms with E-state index in [0.717, 1.165) is 45.0 Å². The fourth-order valence-corrected chi connectivity index (χ4v) is 3.88. The first-order valence-electron chi connectivity index (χ1n) is 9.48. The summed E-state index contributed by atoms with van der Waals surface area (Å²) in [6, 6.07) is 8.35. The maximum absolute atomic E-state index is 10.2. The van der Waals surface area contributed by atoms with E-state index in [2.05, 4.69) is 46.8 Å². The third kappa shape index (κ3) is 6.96. The molecule has 0 amide bonds. The van der Waals surface area contributed by atoms with Crippen molar-refractivity contribution < 1.29 is 19.5 Å². The molecule has 1 heterocycles. The van der Waals surface area contributed by atoms with Crippen LogP contribution >= 0.6 is 0 Å². The van der Waals surface area contributed by atoms with Crippen LogP contribution in [-0.4, -0.2) is 50.7 Å². The van der Waals surface area contributed by atoms with E-state index in [4.69, 9.17) is 9.47 Å². The highest BCUT2D eigenvalue weighted by Gasteiger charge is 2.27. The Morgan fingerprint density at radius 3 is 2.24 bits per heavy atom. The molecule has 0 spiro atoms. The van der Waals surface area contributed by atoms with Crippen LogP contribution < -0.4 is 9.64 Å². The van der Waals surface area contributed by atoms with Gasteiger partial charge in [-0.05, 0) is 34.9 Å². The van der Waals surface area contributed by atoms with Crippen LogP contribution in [0, 0.1) is 5.41 Å². The van der Waals surface area contributed by atoms with Crippen LogP contribution in [0.5, 0.6) is 5.75 Å². The molecule has 1 atom stereocenters. The number of nitrogens with one attached hydrogen (secondary N) is 1. The predicted octanol–water partition coefficient (Wildman–Crippen LogP) is 2.06. The summed E-state index contributed by atoms with van der Waals surface area (Å²) in [4.78, 5) is 1.39. The van der Waals surface area contributed by atoms with Gasteiger partial charge in [-0.15, -0.1) is 0 Å². The number of rotatable bonds is 7. The molecule has 0 bridgehead atoms. The zero-order valence-corrected chi connectivity index (χ0v) is 16.6. The molecule has 0 aliphatic carbocycles. The average Bonchev–Trinajstić information content (AvgIpc) is 2.52. The van der Waals surface area contributed by atoms with Gasteiger partial charge in [0, 0.05) is 0 Å². The molecular formula is C21H36NO3+. The second-order valence-corrected chi connectivity index (χ2v) is 9.18. The van der Waals surface area contributed by atoms with E-state index in [1.807, 2.05) is 12.1 Å². The van der Waals surface area contributed by atoms with E-state index in [9.17, 15) is 5.11 Å². The number of hydrogen-bond acceptors (Lipinski definition) is 3. The van der Waals surface area contributed by atoms with Crippen LogP contribution in [-0.2, 0) is 10.2 Å². The van der Waals surface area contributed by atoms with Crippen molar-refractivity contribution in [3.8, 4) is 5.75 Å². The third-order valence-corrected chi connectivity index (χ3v) is 4.77. The maximum Gasteiger partial charge on any atom is 0.137 e. The number of quaternary nitrogens is 1. The highest BCUT2D eigenvalue weighted by molar-refractivity contribution is 5.31. The Balaban J connectivity index is 1.83. The molecule has 0 unspecified atom stereocenters. The average molecular weight is 351 g/mol. The van der Waals surface area contributed by atoms with Gasteiger partial charge in [-0.3, -0.25) is 0 Å². The molecule has 1 aliphatic heterocycles. The van der Waals surface area contributed by atoms with Gasteiger partial charge in [-0.1, -0.05) is 46.8 Å². The van der Waals surface area contributed by atoms with Gasteiger partial charge in [0.25, 0.3) is 0 Å². The Labute approximate surface area is 153 Å². The van der Waals surface area contributed by atoms with Gasteiger partial charge in [0.05, 0.1) is 13.2 Å². The van der Waals surface area contributed by atoms with E-state index in [-0.39, 0.29) is 5.41 Å². The number of aliphatic hydroxyl groups excluding tert-OH is 1. The van der Waals surface area contributed by atoms with Crippen LogP contribution in [0.25, 0.3) is 0 Å². The standard InChI is InChI=1S/C21H35NO3/c1-20(2,3)16-21(4,5)17-6-8-19(9-7-17)25-15-18(23)14-22-10-12-24-13-11-22/h6-9,18,23H,10-16H2,1-5H3/p+1/t18-/m1/s1. The highest BCUT2D eigenvalue weighted by Crippen LogP contribution is 2.36. The topological polar surface area (TPSA) is 43.1 Å². The van der Waals surface area contributed by atoms with Gasteiger partial charge < -0.3 is 19.5 Å². The summed E-state index contributed by atoms with van der Waals surface area (Å²) in [5.74, 6) is 0.825. The SMILES string of the molecule is CC(C)(C)CC(C)(C)c1ccc(OC[C@H](O)C[NH+]2CCOCC2)cc1. The minimum Gasteiger partial charge on any atom is -0.491 e. The molecule has 0 aromatic heterocycles. The molecule has 1 aromatic rings. The van der Waals surface area contributed by atoms with Crippen molar-refractivity contribution in [1.29, 1.82) is 0 Å². The van der Waals surface area contributed by atoms with E-state index in [1.165, 1.54) is 10.5 Å². The van der Waals surface area contributed by atoms with Crippen molar-refractivity contribution in [2.45, 2.75) is 52.6 Å². The predicted molar refractivity (Wildman–Crippen MR) is 101 cm³/mol. The quantitative estimate of drug-likeness (QED) is 0.791. The maximum atomic E-state index is 10.2. The lowest BCUT2D eigenvalue weighted by atomic mass is 9.72. The van der Waals surface area contributed by atoms with Crippen LogP contribution in [0.2, 0.25) is 0 Å². The van der Waals surface area contributed by atoms with Gasteiger partial charge >= 0.3 is 0 Å². The molecule has 1 fully saturated rings. The normalized spacial score (nSPS) is 18.2. The fraction of sp³-hybridized carbons (Fsp3) is 0.714. The molecule has 2 rings (SSSR count). The van der Waals surface area contributed by atoms with E-state index in [1.54, 1.807) is 0 Å². The monoisotopic (exact) mass is 350 g/mol. The van der Waals surface area contributed by atoms with Crippen molar-refractivity contribution >= 4 is 0 Å². The largest absolute Gasteiger partial charge is 0.491 e. The lowest BCUT2D eigenvalue weighted by Crippen LogP contribution is -3.15. The van der Waals surface area contributed by atoms with Crippen molar-refractivity contribution in [3.63, 3.8) is 0 Å². The molecule has 4 heteroatoms. The summed E-state index contributed by atoms with van der Waals surface area (Å²) in [7, 11) is 0. The summed E-state index contributed by atoms with van der Waals surface area (Å²) in [5.41, 5.74) is 1.76. The minimum atomic E-state index is -0.440. The highest BCUT2D eigenvalue weighted by atomic mass is 16.5. The molecule has 4 nitrogen and oxygen atoms in total. The summed E-state index contributed by atoms with van der Waals surface area (Å²) >= 11 is 0. The lowest BCUT2D eigenvalue weighted by Gasteiger charge is -2.33. The second-order valence-electron chi connectivity index (χ2n) is 9.18. The number of morpholine rings is 1. The summed E-state index contributed by atoms with van der Waals surface area (Å²) in [6.07, 6.45) is 0.687. The molecule has 25 heavy (non-hydrogen) atoms. The van der Waals surface area contributed by atoms with E-state index in [0.29, 0.717) is 12.0 Å². The lowest BCUT2D eigenvalue weighted by molar-refractivity contribution is -0.911. The van der Waals surface area contributed by atoms with Gasteiger partial charge in [-0.25, -0.2) is 0 Å². The Morgan fingerprint density at radius 2 is 1.68 bits per heavy atom. The first-order valence-corrected chi connectivity index (χ1v) is 9.48. The molecule has 0 radical (unpaired) electrons. The summed E-state index contributed by atoms with van der Waals surface area (Å²) in [6.45, 7) is 16.0. The Bertz CT molecular complexity index is 513. The zero-order valence-electron chi connectivity index (χ0n) is 16.6. The number of ether oxygens (including phenoxy) is 2. The number of benzene rings is 1. The van der Waals surface area contributed by atoms with E-state index < -0.39 is 6.10 Å². The van der Waals surface area contributed by atoms with Gasteiger partial charge in [0.15, 0.2) is 0 Å². The Kier molecular flexibility index (Phi) is 6.89. The molecule has 2 N–H and O–H groups in total. The molecule has 0 saturated carbocycles. The molecule has 142 valence electrons. The first kappa shape index (κ1) is 20.2. The summed E-state index contributed by atoms with van der Waals surface area (Å²) < 4.78 is 11.1. The molecule has 1 saturated heterocycles. The summed E-state index contributed by atoms with van der Waals surface area (Å²) in [5, 5.41) is 10.2. The molecule has 1 aliphatic rings. The van der Waals surface area contributed by atoms with Crippen LogP contribution in [0.15, 0.2) is 24.3 Å². The van der Waals surface area contributed by atoms with Gasteiger partial charge in [0.1, 0.15) is 38.1 Å². The van der Waals surface area contributed by atoms with E-state index >= 15 is 0 Å². The third-order valence-electron chi connectivity index (χ3n) is 4.77. The number of aliphatic hydroxyl groups is 1. The van der Waals surface area contributed by atoms with Crippen LogP contribution in [0.1, 0.15) is 46.6 Å². The minimum absolute atomic E-state index is 0.135. The van der Waals surface area contributed by atoms with Crippen LogP contribution in [0.3, 0.4) is 0 Å². The van der Waals surface area contributed by atoms with Crippen molar-refractivity contribution in [2.75, 3.05) is 39.5 Å². The smallest absolute Gasteiger partial charge is 0.137 e. The van der Waals surface area contributed by atoms with Gasteiger partial charge in [0.2, 0.25) is 0 Å². The second kappa shape index (κ2) is 8.52. The number of hydrogen-bond donors (Lipinski definition) is 2. The van der Waals surface area contributed by atoms with Crippen molar-refractivity contribution in [2.24, 2.45) is 5.41 Å². The van der Waals surface area contributed by atoms with Crippen molar-refractivity contribution in [1.82, 2.24) is 0 Å². The van der Waals surface area contributed by atoms with Crippen molar-refractivity contribution in [3.05, 3.63) is 29.8 Å². The fourth-order valence-electron chi connectivity index (χ4n) is 3.88. The molecule has 1 aromatic carbocycles. The zero-order chi connectivity index (χ0) is 18.5. The Morgan fingerprint density at radius 1 is 1.08 bits per heavy atom. The van der Waals surface area contributed by atoms with Gasteiger partial charge in [-0.2, -0.15) is 0 Å². The Hall–Kier alpha value is -1.10. The van der Waals surface area contributed by atoms with Crippen LogP contribution in [0.4, 0.5) is 0 Å². The molecular weight excluding hydrogens is 314 g/mol.